The van der Waals surface area contributed by atoms with E-state index in [1.807, 2.05) is 6.92 Å². The van der Waals surface area contributed by atoms with Crippen molar-refractivity contribution in [1.29, 1.82) is 0 Å². The summed E-state index contributed by atoms with van der Waals surface area (Å²) in [4.78, 5) is 13.0. The molecule has 0 fully saturated rings. The smallest absolute Gasteiger partial charge is 0.147 e. The second-order valence-corrected chi connectivity index (χ2v) is 4.99. The third-order valence-corrected chi connectivity index (χ3v) is 3.81. The Hall–Kier alpha value is -1.04. The highest BCUT2D eigenvalue weighted by Crippen LogP contribution is 2.35. The fraction of sp³-hybridized carbons (Fsp3) is 0.100. The van der Waals surface area contributed by atoms with Crippen LogP contribution in [-0.4, -0.2) is 15.0 Å². The SMILES string of the molecule is Cc1nc(Cl)cnc1Sc1ccnc(N)c1Cl. The van der Waals surface area contributed by atoms with E-state index in [-0.39, 0.29) is 0 Å². The Labute approximate surface area is 113 Å². The summed E-state index contributed by atoms with van der Waals surface area (Å²) in [6, 6.07) is 1.78. The van der Waals surface area contributed by atoms with Crippen LogP contribution in [0.3, 0.4) is 0 Å². The van der Waals surface area contributed by atoms with Gasteiger partial charge >= 0.3 is 0 Å². The molecule has 0 saturated heterocycles. The number of nitrogen functional groups attached to an aromatic ring is 1. The molecule has 4 nitrogen and oxygen atoms in total. The first-order valence-electron chi connectivity index (χ1n) is 4.65. The van der Waals surface area contributed by atoms with Crippen LogP contribution in [0.25, 0.3) is 0 Å². The zero-order valence-corrected chi connectivity index (χ0v) is 11.1. The lowest BCUT2D eigenvalue weighted by Crippen LogP contribution is -1.93. The van der Waals surface area contributed by atoms with Gasteiger partial charge in [-0.1, -0.05) is 35.0 Å². The van der Waals surface area contributed by atoms with Crippen LogP contribution in [0.15, 0.2) is 28.4 Å². The highest BCUT2D eigenvalue weighted by Gasteiger charge is 2.10. The Morgan fingerprint density at radius 3 is 2.76 bits per heavy atom. The van der Waals surface area contributed by atoms with Crippen molar-refractivity contribution in [1.82, 2.24) is 15.0 Å². The number of anilines is 1. The molecule has 0 aliphatic carbocycles. The lowest BCUT2D eigenvalue weighted by atomic mass is 10.5. The molecular weight excluding hydrogens is 279 g/mol. The van der Waals surface area contributed by atoms with Gasteiger partial charge < -0.3 is 5.73 Å². The molecule has 0 aliphatic rings. The van der Waals surface area contributed by atoms with E-state index in [2.05, 4.69) is 15.0 Å². The van der Waals surface area contributed by atoms with E-state index in [9.17, 15) is 0 Å². The molecule has 2 aromatic heterocycles. The van der Waals surface area contributed by atoms with Crippen molar-refractivity contribution in [3.05, 3.63) is 34.3 Å². The fourth-order valence-electron chi connectivity index (χ4n) is 1.17. The van der Waals surface area contributed by atoms with Gasteiger partial charge in [-0.25, -0.2) is 15.0 Å². The van der Waals surface area contributed by atoms with Crippen molar-refractivity contribution in [2.75, 3.05) is 5.73 Å². The first-order chi connectivity index (χ1) is 8.08. The van der Waals surface area contributed by atoms with E-state index in [1.165, 1.54) is 18.0 Å². The van der Waals surface area contributed by atoms with Crippen LogP contribution >= 0.6 is 35.0 Å². The lowest BCUT2D eigenvalue weighted by molar-refractivity contribution is 0.986. The first kappa shape index (κ1) is 12.4. The van der Waals surface area contributed by atoms with Gasteiger partial charge in [0.2, 0.25) is 0 Å². The number of aromatic nitrogens is 3. The molecule has 88 valence electrons. The number of rotatable bonds is 2. The summed E-state index contributed by atoms with van der Waals surface area (Å²) in [5, 5.41) is 1.53. The second-order valence-electron chi connectivity index (χ2n) is 3.19. The van der Waals surface area contributed by atoms with Gasteiger partial charge in [0.15, 0.2) is 0 Å². The highest BCUT2D eigenvalue weighted by molar-refractivity contribution is 7.99. The zero-order chi connectivity index (χ0) is 12.4. The van der Waals surface area contributed by atoms with Crippen LogP contribution in [0.4, 0.5) is 5.82 Å². The molecule has 0 spiro atoms. The maximum absolute atomic E-state index is 6.04. The molecule has 0 unspecified atom stereocenters. The molecule has 0 aliphatic heterocycles. The molecule has 0 atom stereocenters. The summed E-state index contributed by atoms with van der Waals surface area (Å²) >= 11 is 13.2. The number of nitrogens with zero attached hydrogens (tertiary/aromatic N) is 3. The van der Waals surface area contributed by atoms with Crippen molar-refractivity contribution in [3.63, 3.8) is 0 Å². The Bertz CT molecular complexity index is 562. The zero-order valence-electron chi connectivity index (χ0n) is 8.82. The molecule has 0 saturated carbocycles. The fourth-order valence-corrected chi connectivity index (χ4v) is 2.40. The van der Waals surface area contributed by atoms with Crippen LogP contribution in [0, 0.1) is 6.92 Å². The van der Waals surface area contributed by atoms with Gasteiger partial charge in [0, 0.05) is 11.1 Å². The summed E-state index contributed by atoms with van der Waals surface area (Å²) in [7, 11) is 0. The largest absolute Gasteiger partial charge is 0.382 e. The van der Waals surface area contributed by atoms with Gasteiger partial charge in [-0.15, -0.1) is 0 Å². The molecule has 0 bridgehead atoms. The maximum atomic E-state index is 6.04. The molecule has 7 heteroatoms. The minimum absolute atomic E-state index is 0.302. The Balaban J connectivity index is 2.35. The van der Waals surface area contributed by atoms with Crippen molar-refractivity contribution in [2.24, 2.45) is 0 Å². The normalized spacial score (nSPS) is 10.5. The topological polar surface area (TPSA) is 64.7 Å². The van der Waals surface area contributed by atoms with Gasteiger partial charge in [-0.05, 0) is 13.0 Å². The number of aryl methyl sites for hydroxylation is 1. The predicted molar refractivity (Wildman–Crippen MR) is 69.6 cm³/mol. The summed E-state index contributed by atoms with van der Waals surface area (Å²) in [6.07, 6.45) is 3.09. The highest BCUT2D eigenvalue weighted by atomic mass is 35.5. The van der Waals surface area contributed by atoms with Crippen LogP contribution < -0.4 is 5.73 Å². The van der Waals surface area contributed by atoms with Gasteiger partial charge in [0.25, 0.3) is 0 Å². The minimum atomic E-state index is 0.302. The number of pyridine rings is 1. The Kier molecular flexibility index (Phi) is 3.71. The summed E-state index contributed by atoms with van der Waals surface area (Å²) < 4.78 is 0. The van der Waals surface area contributed by atoms with Crippen molar-refractivity contribution in [3.8, 4) is 0 Å². The molecule has 17 heavy (non-hydrogen) atoms. The van der Waals surface area contributed by atoms with E-state index < -0.39 is 0 Å². The summed E-state index contributed by atoms with van der Waals surface area (Å²) in [6.45, 7) is 1.83. The third-order valence-electron chi connectivity index (χ3n) is 1.96. The maximum Gasteiger partial charge on any atom is 0.147 e. The second kappa shape index (κ2) is 5.08. The van der Waals surface area contributed by atoms with E-state index >= 15 is 0 Å². The number of hydrogen-bond donors (Lipinski definition) is 1. The summed E-state index contributed by atoms with van der Waals surface area (Å²) in [5.41, 5.74) is 6.37. The van der Waals surface area contributed by atoms with Crippen LogP contribution in [0.2, 0.25) is 10.2 Å². The summed E-state index contributed by atoms with van der Waals surface area (Å²) in [5.74, 6) is 0.302. The first-order valence-corrected chi connectivity index (χ1v) is 6.22. The Morgan fingerprint density at radius 1 is 1.29 bits per heavy atom. The van der Waals surface area contributed by atoms with E-state index in [4.69, 9.17) is 28.9 Å². The molecule has 2 N–H and O–H groups in total. The van der Waals surface area contributed by atoms with Crippen molar-refractivity contribution >= 4 is 40.8 Å². The van der Waals surface area contributed by atoms with Crippen molar-refractivity contribution < 1.29 is 0 Å². The molecule has 2 aromatic rings. The van der Waals surface area contributed by atoms with Gasteiger partial charge in [-0.3, -0.25) is 0 Å². The van der Waals surface area contributed by atoms with Crippen LogP contribution in [-0.2, 0) is 0 Å². The minimum Gasteiger partial charge on any atom is -0.382 e. The number of hydrogen-bond acceptors (Lipinski definition) is 5. The average molecular weight is 287 g/mol. The monoisotopic (exact) mass is 286 g/mol. The average Bonchev–Trinajstić information content (AvgIpc) is 2.28. The lowest BCUT2D eigenvalue weighted by Gasteiger charge is -2.06. The van der Waals surface area contributed by atoms with E-state index in [1.54, 1.807) is 12.3 Å². The molecular formula is C10H8Cl2N4S. The van der Waals surface area contributed by atoms with Gasteiger partial charge in [0.05, 0.1) is 16.9 Å². The predicted octanol–water partition coefficient (Wildman–Crippen LogP) is 3.22. The van der Waals surface area contributed by atoms with Gasteiger partial charge in [-0.2, -0.15) is 0 Å². The number of halogens is 2. The van der Waals surface area contributed by atoms with E-state index in [0.717, 1.165) is 15.6 Å². The number of nitrogens with two attached hydrogens (primary N) is 1. The molecule has 2 rings (SSSR count). The standard InChI is InChI=1S/C10H8Cl2N4S/c1-5-10(15-4-7(11)16-5)17-6-2-3-14-9(13)8(6)12/h2-4H,1H3,(H2,13,14). The van der Waals surface area contributed by atoms with Crippen molar-refractivity contribution in [2.45, 2.75) is 16.8 Å². The van der Waals surface area contributed by atoms with Crippen LogP contribution in [0.5, 0.6) is 0 Å². The molecule has 0 amide bonds. The van der Waals surface area contributed by atoms with Gasteiger partial charge in [0.1, 0.15) is 16.0 Å². The van der Waals surface area contributed by atoms with E-state index in [0.29, 0.717) is 16.0 Å². The molecule has 0 aromatic carbocycles. The Morgan fingerprint density at radius 2 is 2.06 bits per heavy atom. The molecule has 2 heterocycles. The quantitative estimate of drug-likeness (QED) is 0.918. The van der Waals surface area contributed by atoms with Crippen LogP contribution in [0.1, 0.15) is 5.69 Å². The molecule has 0 radical (unpaired) electrons. The third kappa shape index (κ3) is 2.80.